The van der Waals surface area contributed by atoms with E-state index in [-0.39, 0.29) is 0 Å². The average Bonchev–Trinajstić information content (AvgIpc) is 3.57. The molecule has 234 valence electrons. The highest BCUT2D eigenvalue weighted by atomic mass is 16.3. The number of hydrogen-bond donors (Lipinski definition) is 0. The van der Waals surface area contributed by atoms with Gasteiger partial charge >= 0.3 is 0 Å². The summed E-state index contributed by atoms with van der Waals surface area (Å²) in [6, 6.07) is 67.6. The van der Waals surface area contributed by atoms with Crippen LogP contribution in [-0.4, -0.2) is 0 Å². The Kier molecular flexibility index (Phi) is 6.53. The van der Waals surface area contributed by atoms with E-state index in [2.05, 4.69) is 181 Å². The fourth-order valence-corrected chi connectivity index (χ4v) is 7.43. The third kappa shape index (κ3) is 4.81. The van der Waals surface area contributed by atoms with E-state index in [9.17, 15) is 0 Å². The Labute approximate surface area is 290 Å². The molecular weight excluding hydrogens is 607 g/mol. The summed E-state index contributed by atoms with van der Waals surface area (Å²) >= 11 is 0. The number of fused-ring (bicyclic) bond motifs is 7. The lowest BCUT2D eigenvalue weighted by atomic mass is 10.00. The van der Waals surface area contributed by atoms with E-state index >= 15 is 0 Å². The predicted molar refractivity (Wildman–Crippen MR) is 212 cm³/mol. The Balaban J connectivity index is 1.08. The monoisotopic (exact) mass is 637 g/mol. The van der Waals surface area contributed by atoms with Gasteiger partial charge in [-0.05, 0) is 116 Å². The van der Waals surface area contributed by atoms with Crippen LogP contribution in [0.1, 0.15) is 0 Å². The zero-order valence-electron chi connectivity index (χ0n) is 27.3. The number of hydrogen-bond acceptors (Lipinski definition) is 2. The number of para-hydroxylation sites is 1. The van der Waals surface area contributed by atoms with Crippen molar-refractivity contribution in [3.8, 4) is 22.3 Å². The van der Waals surface area contributed by atoms with Crippen LogP contribution in [-0.2, 0) is 0 Å². The van der Waals surface area contributed by atoms with E-state index < -0.39 is 0 Å². The second kappa shape index (κ2) is 11.5. The fourth-order valence-electron chi connectivity index (χ4n) is 7.43. The van der Waals surface area contributed by atoms with Gasteiger partial charge in [-0.3, -0.25) is 0 Å². The average molecular weight is 638 g/mol. The van der Waals surface area contributed by atoms with Gasteiger partial charge < -0.3 is 9.32 Å². The zero-order valence-corrected chi connectivity index (χ0v) is 27.3. The largest absolute Gasteiger partial charge is 0.455 e. The lowest BCUT2D eigenvalue weighted by Gasteiger charge is -2.26. The minimum Gasteiger partial charge on any atom is -0.455 e. The first-order valence-corrected chi connectivity index (χ1v) is 17.1. The molecule has 0 aliphatic carbocycles. The van der Waals surface area contributed by atoms with E-state index in [4.69, 9.17) is 4.42 Å². The second-order valence-electron chi connectivity index (χ2n) is 13.0. The van der Waals surface area contributed by atoms with Gasteiger partial charge in [-0.15, -0.1) is 0 Å². The standard InChI is InChI=1S/C48H31NO/c1-3-9-36-29-38(15-13-32(36)7-1)34-17-22-41(23-18-34)49(42-24-19-35(20-25-42)39-16-14-33-8-2-4-10-37(33)30-39)43-26-28-44-40(31-43)21-27-46-45-11-5-6-12-47(45)50-48(44)46/h1-31H. The molecule has 0 aliphatic rings. The van der Waals surface area contributed by atoms with E-state index in [0.717, 1.165) is 49.8 Å². The van der Waals surface area contributed by atoms with E-state index in [0.29, 0.717) is 0 Å². The molecule has 1 aromatic heterocycles. The van der Waals surface area contributed by atoms with Gasteiger partial charge in [0.15, 0.2) is 0 Å². The molecule has 0 radical (unpaired) electrons. The SMILES string of the molecule is c1ccc2cc(-c3ccc(N(c4ccc(-c5ccc6ccccc6c5)cc4)c4ccc5c(ccc6c7ccccc7oc56)c4)cc3)ccc2c1. The molecule has 9 aromatic carbocycles. The van der Waals surface area contributed by atoms with Crippen molar-refractivity contribution >= 4 is 71.3 Å². The molecule has 0 atom stereocenters. The normalized spacial score (nSPS) is 11.6. The summed E-state index contributed by atoms with van der Waals surface area (Å²) in [6.45, 7) is 0. The van der Waals surface area contributed by atoms with Crippen molar-refractivity contribution < 1.29 is 4.42 Å². The minimum absolute atomic E-state index is 0.915. The first kappa shape index (κ1) is 28.4. The number of rotatable bonds is 5. The first-order valence-electron chi connectivity index (χ1n) is 17.1. The molecule has 0 aliphatic heterocycles. The summed E-state index contributed by atoms with van der Waals surface area (Å²) in [6.07, 6.45) is 0. The maximum absolute atomic E-state index is 6.39. The van der Waals surface area contributed by atoms with Gasteiger partial charge in [0.1, 0.15) is 11.2 Å². The van der Waals surface area contributed by atoms with Crippen molar-refractivity contribution in [3.63, 3.8) is 0 Å². The van der Waals surface area contributed by atoms with E-state index in [1.807, 2.05) is 12.1 Å². The molecule has 0 unspecified atom stereocenters. The van der Waals surface area contributed by atoms with Crippen molar-refractivity contribution in [2.45, 2.75) is 0 Å². The maximum atomic E-state index is 6.39. The van der Waals surface area contributed by atoms with Gasteiger partial charge in [0, 0.05) is 33.2 Å². The van der Waals surface area contributed by atoms with Crippen LogP contribution < -0.4 is 4.90 Å². The quantitative estimate of drug-likeness (QED) is 0.187. The second-order valence-corrected chi connectivity index (χ2v) is 13.0. The summed E-state index contributed by atoms with van der Waals surface area (Å²) in [5, 5.41) is 9.54. The van der Waals surface area contributed by atoms with Gasteiger partial charge in [-0.25, -0.2) is 0 Å². The predicted octanol–water partition coefficient (Wildman–Crippen LogP) is 13.8. The van der Waals surface area contributed by atoms with E-state index in [1.54, 1.807) is 0 Å². The molecule has 0 saturated heterocycles. The number of anilines is 3. The number of furan rings is 1. The molecule has 50 heavy (non-hydrogen) atoms. The molecule has 2 heteroatoms. The molecule has 10 aromatic rings. The summed E-state index contributed by atoms with van der Waals surface area (Å²) < 4.78 is 6.39. The van der Waals surface area contributed by atoms with Gasteiger partial charge in [0.05, 0.1) is 0 Å². The number of nitrogens with zero attached hydrogens (tertiary/aromatic N) is 1. The summed E-state index contributed by atoms with van der Waals surface area (Å²) in [5.74, 6) is 0. The van der Waals surface area contributed by atoms with Crippen LogP contribution in [0.4, 0.5) is 17.1 Å². The highest BCUT2D eigenvalue weighted by Crippen LogP contribution is 2.40. The van der Waals surface area contributed by atoms with Crippen molar-refractivity contribution in [1.82, 2.24) is 0 Å². The molecular formula is C48H31NO. The molecule has 0 bridgehead atoms. The van der Waals surface area contributed by atoms with E-state index in [1.165, 1.54) is 43.8 Å². The molecule has 1 heterocycles. The first-order chi connectivity index (χ1) is 24.7. The Hall–Kier alpha value is -6.64. The van der Waals surface area contributed by atoms with Gasteiger partial charge in [0.25, 0.3) is 0 Å². The summed E-state index contributed by atoms with van der Waals surface area (Å²) in [5.41, 5.74) is 9.93. The van der Waals surface area contributed by atoms with Crippen LogP contribution >= 0.6 is 0 Å². The van der Waals surface area contributed by atoms with Crippen LogP contribution in [0, 0.1) is 0 Å². The molecule has 2 nitrogen and oxygen atoms in total. The minimum atomic E-state index is 0.915. The zero-order chi connectivity index (χ0) is 33.0. The van der Waals surface area contributed by atoms with Gasteiger partial charge in [0.2, 0.25) is 0 Å². The third-order valence-corrected chi connectivity index (χ3v) is 10.0. The molecule has 0 fully saturated rings. The molecule has 10 rings (SSSR count). The van der Waals surface area contributed by atoms with Crippen LogP contribution in [0.15, 0.2) is 192 Å². The van der Waals surface area contributed by atoms with Crippen molar-refractivity contribution in [2.75, 3.05) is 4.90 Å². The summed E-state index contributed by atoms with van der Waals surface area (Å²) in [7, 11) is 0. The molecule has 0 N–H and O–H groups in total. The molecule has 0 saturated carbocycles. The highest BCUT2D eigenvalue weighted by molar-refractivity contribution is 6.15. The number of benzene rings is 9. The van der Waals surface area contributed by atoms with Crippen LogP contribution in [0.2, 0.25) is 0 Å². The Morgan fingerprint density at radius 1 is 0.300 bits per heavy atom. The Bertz CT molecular complexity index is 2740. The van der Waals surface area contributed by atoms with Gasteiger partial charge in [-0.1, -0.05) is 121 Å². The Morgan fingerprint density at radius 3 is 1.40 bits per heavy atom. The molecule has 0 spiro atoms. The van der Waals surface area contributed by atoms with Crippen molar-refractivity contribution in [2.24, 2.45) is 0 Å². The highest BCUT2D eigenvalue weighted by Gasteiger charge is 2.16. The third-order valence-electron chi connectivity index (χ3n) is 10.0. The smallest absolute Gasteiger partial charge is 0.143 e. The van der Waals surface area contributed by atoms with Crippen LogP contribution in [0.25, 0.3) is 76.5 Å². The maximum Gasteiger partial charge on any atom is 0.143 e. The topological polar surface area (TPSA) is 16.4 Å². The summed E-state index contributed by atoms with van der Waals surface area (Å²) in [4.78, 5) is 2.34. The van der Waals surface area contributed by atoms with Crippen molar-refractivity contribution in [3.05, 3.63) is 188 Å². The molecule has 0 amide bonds. The Morgan fingerprint density at radius 2 is 0.780 bits per heavy atom. The fraction of sp³-hybridized carbons (Fsp3) is 0. The van der Waals surface area contributed by atoms with Gasteiger partial charge in [-0.2, -0.15) is 0 Å². The van der Waals surface area contributed by atoms with Crippen LogP contribution in [0.5, 0.6) is 0 Å². The lowest BCUT2D eigenvalue weighted by molar-refractivity contribution is 0.672. The lowest BCUT2D eigenvalue weighted by Crippen LogP contribution is -2.09. The van der Waals surface area contributed by atoms with Crippen molar-refractivity contribution in [1.29, 1.82) is 0 Å². The van der Waals surface area contributed by atoms with Crippen LogP contribution in [0.3, 0.4) is 0 Å².